The average molecular weight is 301 g/mol. The molecule has 0 heterocycles. The molecule has 114 valence electrons. The molecule has 0 atom stereocenters. The molecular formula is C15H25ClN2O2. The Morgan fingerprint density at radius 3 is 2.50 bits per heavy atom. The molecule has 0 spiro atoms. The number of carbonyl (C=O) groups is 1. The second-order valence-corrected chi connectivity index (χ2v) is 5.61. The molecular weight excluding hydrogens is 276 g/mol. The average Bonchev–Trinajstić information content (AvgIpc) is 2.30. The zero-order chi connectivity index (χ0) is 14.5. The number of hydrogen-bond acceptors (Lipinski definition) is 3. The molecule has 1 aromatic carbocycles. The van der Waals surface area contributed by atoms with Crippen LogP contribution in [0.15, 0.2) is 18.2 Å². The minimum absolute atomic E-state index is 0. The molecule has 1 aromatic rings. The third kappa shape index (κ3) is 7.36. The SMILES string of the molecule is Cc1ccc(OCCC(=O)NCC(C)(C)N)cc1C.Cl. The fraction of sp³-hybridized carbons (Fsp3) is 0.533. The quantitative estimate of drug-likeness (QED) is 0.847. The smallest absolute Gasteiger partial charge is 0.223 e. The summed E-state index contributed by atoms with van der Waals surface area (Å²) in [6.45, 7) is 8.69. The van der Waals surface area contributed by atoms with Crippen LogP contribution in [0.3, 0.4) is 0 Å². The van der Waals surface area contributed by atoms with Gasteiger partial charge in [-0.15, -0.1) is 12.4 Å². The summed E-state index contributed by atoms with van der Waals surface area (Å²) < 4.78 is 5.55. The molecule has 4 nitrogen and oxygen atoms in total. The molecule has 0 unspecified atom stereocenters. The highest BCUT2D eigenvalue weighted by molar-refractivity contribution is 5.85. The van der Waals surface area contributed by atoms with Crippen LogP contribution in [0, 0.1) is 13.8 Å². The Labute approximate surface area is 127 Å². The van der Waals surface area contributed by atoms with Crippen LogP contribution in [0.25, 0.3) is 0 Å². The number of carbonyl (C=O) groups excluding carboxylic acids is 1. The first-order valence-electron chi connectivity index (χ1n) is 6.53. The van der Waals surface area contributed by atoms with Crippen LogP contribution in [0.5, 0.6) is 5.75 Å². The van der Waals surface area contributed by atoms with E-state index in [2.05, 4.69) is 12.2 Å². The van der Waals surface area contributed by atoms with Crippen molar-refractivity contribution in [2.45, 2.75) is 39.7 Å². The molecule has 1 rings (SSSR count). The lowest BCUT2D eigenvalue weighted by atomic mass is 10.1. The van der Waals surface area contributed by atoms with Crippen molar-refractivity contribution in [2.75, 3.05) is 13.2 Å². The van der Waals surface area contributed by atoms with Crippen molar-refractivity contribution in [2.24, 2.45) is 5.73 Å². The normalized spacial score (nSPS) is 10.7. The van der Waals surface area contributed by atoms with Crippen LogP contribution < -0.4 is 15.8 Å². The van der Waals surface area contributed by atoms with Gasteiger partial charge in [-0.05, 0) is 51.0 Å². The summed E-state index contributed by atoms with van der Waals surface area (Å²) in [5.41, 5.74) is 7.82. The summed E-state index contributed by atoms with van der Waals surface area (Å²) in [7, 11) is 0. The van der Waals surface area contributed by atoms with Crippen LogP contribution >= 0.6 is 12.4 Å². The van der Waals surface area contributed by atoms with E-state index in [0.717, 1.165) is 5.75 Å². The van der Waals surface area contributed by atoms with E-state index in [4.69, 9.17) is 10.5 Å². The first kappa shape index (κ1) is 18.7. The van der Waals surface area contributed by atoms with Gasteiger partial charge < -0.3 is 15.8 Å². The van der Waals surface area contributed by atoms with Crippen LogP contribution in [0.1, 0.15) is 31.4 Å². The van der Waals surface area contributed by atoms with E-state index in [9.17, 15) is 4.79 Å². The van der Waals surface area contributed by atoms with Crippen LogP contribution in [-0.4, -0.2) is 24.6 Å². The number of hydrogen-bond donors (Lipinski definition) is 2. The highest BCUT2D eigenvalue weighted by Gasteiger charge is 2.12. The molecule has 0 bridgehead atoms. The first-order chi connectivity index (χ1) is 8.78. The van der Waals surface area contributed by atoms with Crippen molar-refractivity contribution in [3.63, 3.8) is 0 Å². The summed E-state index contributed by atoms with van der Waals surface area (Å²) in [6, 6.07) is 5.92. The lowest BCUT2D eigenvalue weighted by Gasteiger charge is -2.18. The summed E-state index contributed by atoms with van der Waals surface area (Å²) in [5.74, 6) is 0.761. The molecule has 0 saturated carbocycles. The number of halogens is 1. The van der Waals surface area contributed by atoms with E-state index in [-0.39, 0.29) is 23.9 Å². The van der Waals surface area contributed by atoms with Gasteiger partial charge in [0.1, 0.15) is 5.75 Å². The summed E-state index contributed by atoms with van der Waals surface area (Å²) in [6.07, 6.45) is 0.336. The predicted molar refractivity (Wildman–Crippen MR) is 84.6 cm³/mol. The molecule has 0 aliphatic heterocycles. The highest BCUT2D eigenvalue weighted by atomic mass is 35.5. The summed E-state index contributed by atoms with van der Waals surface area (Å²) in [4.78, 5) is 11.6. The first-order valence-corrected chi connectivity index (χ1v) is 6.53. The lowest BCUT2D eigenvalue weighted by molar-refractivity contribution is -0.121. The maximum atomic E-state index is 11.6. The number of nitrogens with one attached hydrogen (secondary N) is 1. The van der Waals surface area contributed by atoms with Gasteiger partial charge in [-0.3, -0.25) is 4.79 Å². The number of nitrogens with two attached hydrogens (primary N) is 1. The van der Waals surface area contributed by atoms with Crippen molar-refractivity contribution >= 4 is 18.3 Å². The summed E-state index contributed by atoms with van der Waals surface area (Å²) in [5, 5.41) is 2.79. The van der Waals surface area contributed by atoms with Crippen molar-refractivity contribution < 1.29 is 9.53 Å². The van der Waals surface area contributed by atoms with Crippen molar-refractivity contribution in [3.8, 4) is 5.75 Å². The number of ether oxygens (including phenoxy) is 1. The number of rotatable bonds is 6. The number of aryl methyl sites for hydroxylation is 2. The van der Waals surface area contributed by atoms with Gasteiger partial charge in [-0.25, -0.2) is 0 Å². The van der Waals surface area contributed by atoms with E-state index in [1.165, 1.54) is 11.1 Å². The van der Waals surface area contributed by atoms with E-state index in [1.54, 1.807) is 0 Å². The third-order valence-corrected chi connectivity index (χ3v) is 2.82. The van der Waals surface area contributed by atoms with Gasteiger partial charge in [-0.1, -0.05) is 6.07 Å². The Bertz CT molecular complexity index is 442. The Balaban J connectivity index is 0.00000361. The fourth-order valence-corrected chi connectivity index (χ4v) is 1.48. The minimum atomic E-state index is -0.384. The molecule has 0 aliphatic rings. The number of amides is 1. The highest BCUT2D eigenvalue weighted by Crippen LogP contribution is 2.16. The third-order valence-electron chi connectivity index (χ3n) is 2.82. The fourth-order valence-electron chi connectivity index (χ4n) is 1.48. The van der Waals surface area contributed by atoms with Gasteiger partial charge in [0.05, 0.1) is 13.0 Å². The van der Waals surface area contributed by atoms with Crippen LogP contribution in [0.2, 0.25) is 0 Å². The largest absolute Gasteiger partial charge is 0.493 e. The maximum absolute atomic E-state index is 11.6. The standard InChI is InChI=1S/C15H24N2O2.ClH/c1-11-5-6-13(9-12(11)2)19-8-7-14(18)17-10-15(3,4)16;/h5-6,9H,7-8,10,16H2,1-4H3,(H,17,18);1H. The topological polar surface area (TPSA) is 64.3 Å². The van der Waals surface area contributed by atoms with Gasteiger partial charge in [0.15, 0.2) is 0 Å². The molecule has 20 heavy (non-hydrogen) atoms. The van der Waals surface area contributed by atoms with E-state index >= 15 is 0 Å². The predicted octanol–water partition coefficient (Wildman–Crippen LogP) is 2.35. The zero-order valence-electron chi connectivity index (χ0n) is 12.7. The van der Waals surface area contributed by atoms with E-state index in [0.29, 0.717) is 19.6 Å². The van der Waals surface area contributed by atoms with Gasteiger partial charge in [0.2, 0.25) is 5.91 Å². The molecule has 0 saturated heterocycles. The maximum Gasteiger partial charge on any atom is 0.223 e. The molecule has 0 fully saturated rings. The Kier molecular flexibility index (Phi) is 7.61. The second kappa shape index (κ2) is 8.12. The Morgan fingerprint density at radius 1 is 1.30 bits per heavy atom. The molecule has 0 radical (unpaired) electrons. The number of benzene rings is 1. The minimum Gasteiger partial charge on any atom is -0.493 e. The van der Waals surface area contributed by atoms with E-state index < -0.39 is 0 Å². The molecule has 1 amide bonds. The monoisotopic (exact) mass is 300 g/mol. The van der Waals surface area contributed by atoms with Gasteiger partial charge in [0.25, 0.3) is 0 Å². The summed E-state index contributed by atoms with van der Waals surface area (Å²) >= 11 is 0. The Hall–Kier alpha value is -1.26. The van der Waals surface area contributed by atoms with Crippen LogP contribution in [-0.2, 0) is 4.79 Å². The van der Waals surface area contributed by atoms with Gasteiger partial charge in [-0.2, -0.15) is 0 Å². The van der Waals surface area contributed by atoms with Gasteiger partial charge >= 0.3 is 0 Å². The van der Waals surface area contributed by atoms with Gasteiger partial charge in [0, 0.05) is 12.1 Å². The van der Waals surface area contributed by atoms with E-state index in [1.807, 2.05) is 39.0 Å². The molecule has 3 N–H and O–H groups in total. The van der Waals surface area contributed by atoms with Crippen LogP contribution in [0.4, 0.5) is 0 Å². The second-order valence-electron chi connectivity index (χ2n) is 5.61. The van der Waals surface area contributed by atoms with Crippen molar-refractivity contribution in [3.05, 3.63) is 29.3 Å². The molecule has 0 aromatic heterocycles. The van der Waals surface area contributed by atoms with Crippen molar-refractivity contribution in [1.82, 2.24) is 5.32 Å². The Morgan fingerprint density at radius 2 is 1.95 bits per heavy atom. The van der Waals surface area contributed by atoms with Crippen molar-refractivity contribution in [1.29, 1.82) is 0 Å². The zero-order valence-corrected chi connectivity index (χ0v) is 13.5. The molecule has 5 heteroatoms. The molecule has 0 aliphatic carbocycles. The lowest BCUT2D eigenvalue weighted by Crippen LogP contribution is -2.45.